The van der Waals surface area contributed by atoms with Crippen molar-refractivity contribution in [3.63, 3.8) is 0 Å². The van der Waals surface area contributed by atoms with Crippen molar-refractivity contribution >= 4 is 39.2 Å². The Morgan fingerprint density at radius 3 is 2.57 bits per heavy atom. The van der Waals surface area contributed by atoms with Gasteiger partial charge in [0, 0.05) is 17.5 Å². The zero-order valence-electron chi connectivity index (χ0n) is 12.5. The number of amides is 3. The SMILES string of the molecule is CC[C@H](C)NC(=O)[C@@H](C)NC(=O)NCCc1ccc(Br)s1. The maximum atomic E-state index is 11.8. The second-order valence-corrected chi connectivity index (χ2v) is 7.44. The molecule has 0 fully saturated rings. The topological polar surface area (TPSA) is 70.2 Å². The lowest BCUT2D eigenvalue weighted by Crippen LogP contribution is -2.50. The first-order valence-electron chi connectivity index (χ1n) is 7.01. The Balaban J connectivity index is 2.24. The number of halogens is 1. The van der Waals surface area contributed by atoms with Crippen molar-refractivity contribution in [2.45, 2.75) is 45.7 Å². The number of hydrogen-bond donors (Lipinski definition) is 3. The van der Waals surface area contributed by atoms with E-state index < -0.39 is 6.04 Å². The molecule has 1 aromatic rings. The summed E-state index contributed by atoms with van der Waals surface area (Å²) < 4.78 is 1.08. The fourth-order valence-electron chi connectivity index (χ4n) is 1.57. The van der Waals surface area contributed by atoms with E-state index in [0.717, 1.165) is 16.6 Å². The van der Waals surface area contributed by atoms with Crippen LogP contribution in [0.15, 0.2) is 15.9 Å². The molecule has 0 unspecified atom stereocenters. The molecule has 3 N–H and O–H groups in total. The van der Waals surface area contributed by atoms with Gasteiger partial charge < -0.3 is 16.0 Å². The molecule has 21 heavy (non-hydrogen) atoms. The maximum Gasteiger partial charge on any atom is 0.315 e. The number of thiophene rings is 1. The summed E-state index contributed by atoms with van der Waals surface area (Å²) in [6, 6.07) is 3.26. The molecule has 7 heteroatoms. The van der Waals surface area contributed by atoms with Crippen LogP contribution < -0.4 is 16.0 Å². The van der Waals surface area contributed by atoms with Crippen molar-refractivity contribution in [3.05, 3.63) is 20.8 Å². The van der Waals surface area contributed by atoms with Gasteiger partial charge in [0.1, 0.15) is 6.04 Å². The third kappa shape index (κ3) is 6.95. The highest BCUT2D eigenvalue weighted by molar-refractivity contribution is 9.11. The van der Waals surface area contributed by atoms with Crippen LogP contribution in [0, 0.1) is 0 Å². The Morgan fingerprint density at radius 1 is 1.29 bits per heavy atom. The van der Waals surface area contributed by atoms with E-state index in [1.807, 2.05) is 26.0 Å². The van der Waals surface area contributed by atoms with Crippen LogP contribution in [0.3, 0.4) is 0 Å². The van der Waals surface area contributed by atoms with Crippen LogP contribution in [0.1, 0.15) is 32.1 Å². The first-order valence-corrected chi connectivity index (χ1v) is 8.62. The Hall–Kier alpha value is -1.08. The number of carbonyl (C=O) groups excluding carboxylic acids is 2. The minimum atomic E-state index is -0.546. The smallest absolute Gasteiger partial charge is 0.315 e. The highest BCUT2D eigenvalue weighted by Crippen LogP contribution is 2.21. The van der Waals surface area contributed by atoms with Gasteiger partial charge in [0.25, 0.3) is 0 Å². The third-order valence-electron chi connectivity index (χ3n) is 3.03. The lowest BCUT2D eigenvalue weighted by Gasteiger charge is -2.17. The summed E-state index contributed by atoms with van der Waals surface area (Å²) in [5.41, 5.74) is 0. The van der Waals surface area contributed by atoms with E-state index in [9.17, 15) is 9.59 Å². The molecule has 0 saturated heterocycles. The van der Waals surface area contributed by atoms with Crippen molar-refractivity contribution in [3.8, 4) is 0 Å². The largest absolute Gasteiger partial charge is 0.352 e. The molecule has 2 atom stereocenters. The molecule has 1 rings (SSSR count). The van der Waals surface area contributed by atoms with Crippen molar-refractivity contribution in [2.75, 3.05) is 6.54 Å². The highest BCUT2D eigenvalue weighted by Gasteiger charge is 2.16. The van der Waals surface area contributed by atoms with Gasteiger partial charge in [-0.2, -0.15) is 0 Å². The molecule has 0 saturated carbocycles. The van der Waals surface area contributed by atoms with Crippen molar-refractivity contribution < 1.29 is 9.59 Å². The van der Waals surface area contributed by atoms with Gasteiger partial charge in [-0.3, -0.25) is 4.79 Å². The molecular weight excluding hydrogens is 354 g/mol. The summed E-state index contributed by atoms with van der Waals surface area (Å²) in [6.07, 6.45) is 1.64. The van der Waals surface area contributed by atoms with Gasteiger partial charge in [-0.15, -0.1) is 11.3 Å². The van der Waals surface area contributed by atoms with Crippen molar-refractivity contribution in [1.29, 1.82) is 0 Å². The van der Waals surface area contributed by atoms with Gasteiger partial charge in [0.15, 0.2) is 0 Å². The van der Waals surface area contributed by atoms with E-state index in [2.05, 4.69) is 31.9 Å². The summed E-state index contributed by atoms with van der Waals surface area (Å²) in [5.74, 6) is -0.165. The zero-order valence-corrected chi connectivity index (χ0v) is 14.9. The van der Waals surface area contributed by atoms with Crippen LogP contribution >= 0.6 is 27.3 Å². The molecule has 0 radical (unpaired) electrons. The van der Waals surface area contributed by atoms with Gasteiger partial charge in [-0.25, -0.2) is 4.79 Å². The molecule has 118 valence electrons. The Kier molecular flexibility index (Phi) is 7.74. The second kappa shape index (κ2) is 9.04. The van der Waals surface area contributed by atoms with Crippen LogP contribution in [0.2, 0.25) is 0 Å². The molecule has 0 bridgehead atoms. The van der Waals surface area contributed by atoms with Crippen molar-refractivity contribution in [2.24, 2.45) is 0 Å². The predicted molar refractivity (Wildman–Crippen MR) is 89.6 cm³/mol. The van der Waals surface area contributed by atoms with E-state index in [0.29, 0.717) is 6.54 Å². The molecule has 0 spiro atoms. The van der Waals surface area contributed by atoms with Crippen molar-refractivity contribution in [1.82, 2.24) is 16.0 Å². The van der Waals surface area contributed by atoms with Gasteiger partial charge >= 0.3 is 6.03 Å². The predicted octanol–water partition coefficient (Wildman–Crippen LogP) is 2.66. The summed E-state index contributed by atoms with van der Waals surface area (Å²) in [7, 11) is 0. The number of rotatable bonds is 7. The molecule has 0 aliphatic rings. The van der Waals surface area contributed by atoms with Gasteiger partial charge in [-0.1, -0.05) is 6.92 Å². The van der Waals surface area contributed by atoms with Crippen LogP contribution in [-0.2, 0) is 11.2 Å². The zero-order chi connectivity index (χ0) is 15.8. The monoisotopic (exact) mass is 375 g/mol. The summed E-state index contributed by atoms with van der Waals surface area (Å²) in [6.45, 7) is 6.15. The summed E-state index contributed by atoms with van der Waals surface area (Å²) in [5, 5.41) is 8.22. The normalized spacial score (nSPS) is 13.3. The Labute approximate surface area is 138 Å². The minimum Gasteiger partial charge on any atom is -0.352 e. The number of hydrogen-bond acceptors (Lipinski definition) is 3. The lowest BCUT2D eigenvalue weighted by molar-refractivity contribution is -0.123. The molecule has 1 aromatic heterocycles. The molecular formula is C14H22BrN3O2S. The second-order valence-electron chi connectivity index (χ2n) is 4.90. The molecule has 0 aliphatic heterocycles. The molecule has 5 nitrogen and oxygen atoms in total. The number of nitrogens with one attached hydrogen (secondary N) is 3. The highest BCUT2D eigenvalue weighted by atomic mass is 79.9. The summed E-state index contributed by atoms with van der Waals surface area (Å²) in [4.78, 5) is 24.7. The fourth-order valence-corrected chi connectivity index (χ4v) is 3.05. The standard InChI is InChI=1S/C14H22BrN3O2S/c1-4-9(2)17-13(19)10(3)18-14(20)16-8-7-11-5-6-12(15)21-11/h5-6,9-10H,4,7-8H2,1-3H3,(H,17,19)(H2,16,18,20)/t9-,10+/m0/s1. The van der Waals surface area contributed by atoms with E-state index in [4.69, 9.17) is 0 Å². The van der Waals surface area contributed by atoms with Crippen LogP contribution in [0.5, 0.6) is 0 Å². The summed E-state index contributed by atoms with van der Waals surface area (Å²) >= 11 is 5.05. The Bertz CT molecular complexity index is 479. The third-order valence-corrected chi connectivity index (χ3v) is 4.71. The van der Waals surface area contributed by atoms with Gasteiger partial charge in [-0.05, 0) is 54.8 Å². The minimum absolute atomic E-state index is 0.113. The van der Waals surface area contributed by atoms with E-state index >= 15 is 0 Å². The first kappa shape index (κ1) is 18.0. The fraction of sp³-hybridized carbons (Fsp3) is 0.571. The maximum absolute atomic E-state index is 11.8. The van der Waals surface area contributed by atoms with Gasteiger partial charge in [0.05, 0.1) is 3.79 Å². The van der Waals surface area contributed by atoms with E-state index in [1.54, 1.807) is 18.3 Å². The Morgan fingerprint density at radius 2 is 2.00 bits per heavy atom. The average molecular weight is 376 g/mol. The van der Waals surface area contributed by atoms with Crippen LogP contribution in [-0.4, -0.2) is 30.6 Å². The van der Waals surface area contributed by atoms with E-state index in [-0.39, 0.29) is 18.0 Å². The molecule has 3 amide bonds. The molecule has 0 aromatic carbocycles. The first-order chi connectivity index (χ1) is 9.92. The lowest BCUT2D eigenvalue weighted by atomic mass is 10.2. The quantitative estimate of drug-likeness (QED) is 0.685. The van der Waals surface area contributed by atoms with Crippen LogP contribution in [0.4, 0.5) is 4.79 Å². The molecule has 0 aliphatic carbocycles. The number of carbonyl (C=O) groups is 2. The average Bonchev–Trinajstić information content (AvgIpc) is 2.84. The van der Waals surface area contributed by atoms with Gasteiger partial charge in [0.2, 0.25) is 5.91 Å². The number of urea groups is 1. The van der Waals surface area contributed by atoms with E-state index in [1.165, 1.54) is 4.88 Å². The molecule has 1 heterocycles. The van der Waals surface area contributed by atoms with Crippen LogP contribution in [0.25, 0.3) is 0 Å².